The first kappa shape index (κ1) is 17.0. The summed E-state index contributed by atoms with van der Waals surface area (Å²) < 4.78 is 5.18. The van der Waals surface area contributed by atoms with E-state index in [1.54, 1.807) is 31.3 Å². The highest BCUT2D eigenvalue weighted by molar-refractivity contribution is 7.98. The molecule has 4 nitrogen and oxygen atoms in total. The van der Waals surface area contributed by atoms with Crippen LogP contribution >= 0.6 is 11.8 Å². The highest BCUT2D eigenvalue weighted by Crippen LogP contribution is 2.32. The lowest BCUT2D eigenvalue weighted by Crippen LogP contribution is -1.96. The van der Waals surface area contributed by atoms with Gasteiger partial charge in [-0.2, -0.15) is 5.26 Å². The third kappa shape index (κ3) is 3.98. The molecule has 0 aliphatic rings. The summed E-state index contributed by atoms with van der Waals surface area (Å²) in [6, 6.07) is 16.0. The summed E-state index contributed by atoms with van der Waals surface area (Å²) in [5, 5.41) is 10.4. The van der Waals surface area contributed by atoms with Crippen molar-refractivity contribution in [2.45, 2.75) is 17.7 Å². The maximum atomic E-state index is 9.68. The summed E-state index contributed by atoms with van der Waals surface area (Å²) in [4.78, 5) is 8.73. The minimum absolute atomic E-state index is 0.595. The average molecular weight is 347 g/mol. The maximum Gasteiger partial charge on any atom is 0.118 e. The summed E-state index contributed by atoms with van der Waals surface area (Å²) >= 11 is 1.57. The number of ether oxygens (including phenoxy) is 1. The zero-order chi connectivity index (χ0) is 17.6. The van der Waals surface area contributed by atoms with Crippen molar-refractivity contribution in [3.63, 3.8) is 0 Å². The fourth-order valence-corrected chi connectivity index (χ4v) is 3.48. The molecule has 0 N–H and O–H groups in total. The van der Waals surface area contributed by atoms with Gasteiger partial charge in [0.15, 0.2) is 0 Å². The molecule has 2 aromatic heterocycles. The van der Waals surface area contributed by atoms with Crippen LogP contribution in [0, 0.1) is 18.3 Å². The highest BCUT2D eigenvalue weighted by Gasteiger charge is 2.14. The fraction of sp³-hybridized carbons (Fsp3) is 0.150. The van der Waals surface area contributed by atoms with Crippen molar-refractivity contribution in [3.05, 3.63) is 71.7 Å². The van der Waals surface area contributed by atoms with E-state index in [4.69, 9.17) is 4.74 Å². The molecule has 0 amide bonds. The number of methoxy groups -OCH3 is 1. The Morgan fingerprint density at radius 3 is 2.64 bits per heavy atom. The second kappa shape index (κ2) is 7.82. The molecule has 0 saturated heterocycles. The Bertz CT molecular complexity index is 903. The molecule has 3 aromatic rings. The molecule has 0 aliphatic carbocycles. The molecule has 0 fully saturated rings. The largest absolute Gasteiger partial charge is 0.497 e. The van der Waals surface area contributed by atoms with Gasteiger partial charge in [0.05, 0.1) is 12.7 Å². The van der Waals surface area contributed by atoms with E-state index in [-0.39, 0.29) is 0 Å². The number of benzene rings is 1. The van der Waals surface area contributed by atoms with Gasteiger partial charge in [0.25, 0.3) is 0 Å². The third-order valence-electron chi connectivity index (χ3n) is 3.73. The Morgan fingerprint density at radius 2 is 2.00 bits per heavy atom. The van der Waals surface area contributed by atoms with E-state index in [1.807, 2.05) is 49.4 Å². The van der Waals surface area contributed by atoms with Crippen LogP contribution in [0.5, 0.6) is 5.75 Å². The Kier molecular flexibility index (Phi) is 5.32. The first-order chi connectivity index (χ1) is 12.2. The minimum atomic E-state index is 0.595. The normalized spacial score (nSPS) is 10.3. The molecule has 1 aromatic carbocycles. The van der Waals surface area contributed by atoms with Crippen molar-refractivity contribution in [1.29, 1.82) is 5.26 Å². The first-order valence-electron chi connectivity index (χ1n) is 7.79. The predicted octanol–water partition coefficient (Wildman–Crippen LogP) is 4.62. The number of hydrogen-bond donors (Lipinski definition) is 0. The minimum Gasteiger partial charge on any atom is -0.497 e. The Balaban J connectivity index is 1.90. The van der Waals surface area contributed by atoms with Crippen molar-refractivity contribution >= 4 is 11.8 Å². The van der Waals surface area contributed by atoms with Crippen LogP contribution in [0.3, 0.4) is 0 Å². The standard InChI is InChI=1S/C20H17N3OS/c1-14-10-18(16-4-3-9-22-12-16)19(11-21)20(23-14)25-13-15-5-7-17(24-2)8-6-15/h3-10,12H,13H2,1-2H3. The van der Waals surface area contributed by atoms with Crippen molar-refractivity contribution in [1.82, 2.24) is 9.97 Å². The Morgan fingerprint density at radius 1 is 1.20 bits per heavy atom. The molecule has 0 atom stereocenters. The van der Waals surface area contributed by atoms with Crippen molar-refractivity contribution < 1.29 is 4.74 Å². The average Bonchev–Trinajstić information content (AvgIpc) is 2.67. The number of thioether (sulfide) groups is 1. The van der Waals surface area contributed by atoms with Crippen LogP contribution in [0.4, 0.5) is 0 Å². The number of nitriles is 1. The molecule has 0 bridgehead atoms. The van der Waals surface area contributed by atoms with Crippen LogP contribution in [0.1, 0.15) is 16.8 Å². The molecule has 5 heteroatoms. The topological polar surface area (TPSA) is 58.8 Å². The lowest BCUT2D eigenvalue weighted by Gasteiger charge is -2.10. The van der Waals surface area contributed by atoms with Gasteiger partial charge in [0, 0.05) is 35.0 Å². The lowest BCUT2D eigenvalue weighted by molar-refractivity contribution is 0.414. The summed E-state index contributed by atoms with van der Waals surface area (Å²) in [6.45, 7) is 1.94. The number of aromatic nitrogens is 2. The molecule has 0 unspecified atom stereocenters. The summed E-state index contributed by atoms with van der Waals surface area (Å²) in [5.41, 5.74) is 4.43. The van der Waals surface area contributed by atoms with Gasteiger partial charge in [-0.05, 0) is 36.8 Å². The van der Waals surface area contributed by atoms with Gasteiger partial charge < -0.3 is 4.74 Å². The van der Waals surface area contributed by atoms with Gasteiger partial charge in [0.2, 0.25) is 0 Å². The van der Waals surface area contributed by atoms with Crippen molar-refractivity contribution in [2.75, 3.05) is 7.11 Å². The van der Waals surface area contributed by atoms with Gasteiger partial charge in [0.1, 0.15) is 16.8 Å². The molecule has 124 valence electrons. The number of aryl methyl sites for hydroxylation is 1. The van der Waals surface area contributed by atoms with Crippen LogP contribution in [-0.4, -0.2) is 17.1 Å². The van der Waals surface area contributed by atoms with E-state index < -0.39 is 0 Å². The molecular formula is C20H17N3OS. The van der Waals surface area contributed by atoms with E-state index in [0.29, 0.717) is 5.56 Å². The molecule has 0 aliphatic heterocycles. The zero-order valence-electron chi connectivity index (χ0n) is 14.1. The number of hydrogen-bond acceptors (Lipinski definition) is 5. The van der Waals surface area contributed by atoms with E-state index in [2.05, 4.69) is 16.0 Å². The Hall–Kier alpha value is -2.84. The van der Waals surface area contributed by atoms with Crippen LogP contribution in [0.25, 0.3) is 11.1 Å². The quantitative estimate of drug-likeness (QED) is 0.630. The van der Waals surface area contributed by atoms with Gasteiger partial charge in [-0.3, -0.25) is 4.98 Å². The van der Waals surface area contributed by atoms with Crippen LogP contribution < -0.4 is 4.74 Å². The van der Waals surface area contributed by atoms with E-state index in [0.717, 1.165) is 38.9 Å². The van der Waals surface area contributed by atoms with E-state index >= 15 is 0 Å². The predicted molar refractivity (Wildman–Crippen MR) is 99.5 cm³/mol. The van der Waals surface area contributed by atoms with E-state index in [1.165, 1.54) is 0 Å². The van der Waals surface area contributed by atoms with Gasteiger partial charge in [-0.25, -0.2) is 4.98 Å². The Labute approximate surface area is 151 Å². The second-order valence-corrected chi connectivity index (χ2v) is 6.45. The van der Waals surface area contributed by atoms with Crippen molar-refractivity contribution in [3.8, 4) is 22.9 Å². The van der Waals surface area contributed by atoms with Crippen LogP contribution in [-0.2, 0) is 5.75 Å². The van der Waals surface area contributed by atoms with Gasteiger partial charge >= 0.3 is 0 Å². The monoisotopic (exact) mass is 347 g/mol. The summed E-state index contributed by atoms with van der Waals surface area (Å²) in [7, 11) is 1.65. The fourth-order valence-electron chi connectivity index (χ4n) is 2.48. The van der Waals surface area contributed by atoms with Crippen molar-refractivity contribution in [2.24, 2.45) is 0 Å². The number of nitrogens with zero attached hydrogens (tertiary/aromatic N) is 3. The molecule has 2 heterocycles. The molecular weight excluding hydrogens is 330 g/mol. The zero-order valence-corrected chi connectivity index (χ0v) is 14.9. The maximum absolute atomic E-state index is 9.68. The molecule has 0 saturated carbocycles. The second-order valence-electron chi connectivity index (χ2n) is 5.48. The SMILES string of the molecule is COc1ccc(CSc2nc(C)cc(-c3cccnc3)c2C#N)cc1. The molecule has 25 heavy (non-hydrogen) atoms. The lowest BCUT2D eigenvalue weighted by atomic mass is 10.0. The van der Waals surface area contributed by atoms with E-state index in [9.17, 15) is 5.26 Å². The third-order valence-corrected chi connectivity index (χ3v) is 4.78. The van der Waals surface area contributed by atoms with Gasteiger partial charge in [-0.1, -0.05) is 18.2 Å². The van der Waals surface area contributed by atoms with Crippen LogP contribution in [0.2, 0.25) is 0 Å². The molecule has 0 radical (unpaired) electrons. The van der Waals surface area contributed by atoms with Gasteiger partial charge in [-0.15, -0.1) is 11.8 Å². The summed E-state index contributed by atoms with van der Waals surface area (Å²) in [6.07, 6.45) is 3.50. The number of rotatable bonds is 5. The number of pyridine rings is 2. The molecule has 3 rings (SSSR count). The first-order valence-corrected chi connectivity index (χ1v) is 8.77. The van der Waals surface area contributed by atoms with Crippen LogP contribution in [0.15, 0.2) is 59.9 Å². The highest BCUT2D eigenvalue weighted by atomic mass is 32.2. The smallest absolute Gasteiger partial charge is 0.118 e. The summed E-state index contributed by atoms with van der Waals surface area (Å²) in [5.74, 6) is 1.57. The molecule has 0 spiro atoms.